The van der Waals surface area contributed by atoms with Crippen LogP contribution in [0.2, 0.25) is 0 Å². The number of hydrogen-bond acceptors (Lipinski definition) is 5. The molecule has 154 valence electrons. The summed E-state index contributed by atoms with van der Waals surface area (Å²) in [5.41, 5.74) is 2.50. The van der Waals surface area contributed by atoms with Crippen LogP contribution < -0.4 is 10.1 Å². The molecule has 0 bridgehead atoms. The molecule has 1 aromatic heterocycles. The molecule has 2 aliphatic rings. The number of carbonyl (C=O) groups is 1. The van der Waals surface area contributed by atoms with Crippen molar-refractivity contribution >= 4 is 28.5 Å². The number of nitrogens with zero attached hydrogens (tertiary/aromatic N) is 1. The third-order valence-corrected chi connectivity index (χ3v) is 7.09. The van der Waals surface area contributed by atoms with Gasteiger partial charge in [-0.25, -0.2) is 4.99 Å². The average molecular weight is 413 g/mol. The SMILES string of the molecule is COc1cccc(/C=N\c2sc3c(c2C(=O)NC2CCCCC2)CCCC3)c1O. The van der Waals surface area contributed by atoms with E-state index in [4.69, 9.17) is 4.74 Å². The topological polar surface area (TPSA) is 70.9 Å². The number of carbonyl (C=O) groups excluding carboxylic acids is 1. The van der Waals surface area contributed by atoms with Crippen molar-refractivity contribution in [3.63, 3.8) is 0 Å². The highest BCUT2D eigenvalue weighted by Crippen LogP contribution is 2.40. The van der Waals surface area contributed by atoms with Crippen LogP contribution in [0.25, 0.3) is 0 Å². The molecule has 0 unspecified atom stereocenters. The number of ether oxygens (including phenoxy) is 1. The van der Waals surface area contributed by atoms with E-state index >= 15 is 0 Å². The minimum Gasteiger partial charge on any atom is -0.504 e. The van der Waals surface area contributed by atoms with E-state index in [1.165, 1.54) is 36.8 Å². The Morgan fingerprint density at radius 3 is 2.79 bits per heavy atom. The van der Waals surface area contributed by atoms with Crippen LogP contribution in [-0.4, -0.2) is 30.4 Å². The predicted molar refractivity (Wildman–Crippen MR) is 117 cm³/mol. The first-order chi connectivity index (χ1) is 14.2. The zero-order chi connectivity index (χ0) is 20.2. The van der Waals surface area contributed by atoms with Gasteiger partial charge in [-0.15, -0.1) is 11.3 Å². The van der Waals surface area contributed by atoms with Crippen molar-refractivity contribution in [2.24, 2.45) is 4.99 Å². The van der Waals surface area contributed by atoms with E-state index in [1.54, 1.807) is 29.7 Å². The molecule has 2 aromatic rings. The second-order valence-electron chi connectivity index (χ2n) is 7.86. The fourth-order valence-corrected chi connectivity index (χ4v) is 5.55. The number of benzene rings is 1. The van der Waals surface area contributed by atoms with Crippen LogP contribution in [0.3, 0.4) is 0 Å². The molecule has 2 aliphatic carbocycles. The predicted octanol–water partition coefficient (Wildman–Crippen LogP) is 5.15. The molecular weight excluding hydrogens is 384 g/mol. The minimum absolute atomic E-state index is 0.0123. The first kappa shape index (κ1) is 20.0. The Bertz CT molecular complexity index is 913. The lowest BCUT2D eigenvalue weighted by Gasteiger charge is -2.23. The molecule has 5 nitrogen and oxygen atoms in total. The second kappa shape index (κ2) is 8.99. The molecule has 29 heavy (non-hydrogen) atoms. The lowest BCUT2D eigenvalue weighted by atomic mass is 9.93. The molecular formula is C23H28N2O3S. The highest BCUT2D eigenvalue weighted by atomic mass is 32.1. The number of methoxy groups -OCH3 is 1. The van der Waals surface area contributed by atoms with Crippen LogP contribution in [0, 0.1) is 0 Å². The van der Waals surface area contributed by atoms with Gasteiger partial charge in [0.25, 0.3) is 5.91 Å². The molecule has 1 amide bonds. The molecule has 0 atom stereocenters. The van der Waals surface area contributed by atoms with Gasteiger partial charge in [-0.3, -0.25) is 4.79 Å². The molecule has 4 rings (SSSR count). The van der Waals surface area contributed by atoms with E-state index in [0.29, 0.717) is 11.3 Å². The number of phenols is 1. The summed E-state index contributed by atoms with van der Waals surface area (Å²) in [6.45, 7) is 0. The van der Waals surface area contributed by atoms with Crippen molar-refractivity contribution in [1.29, 1.82) is 0 Å². The van der Waals surface area contributed by atoms with Crippen molar-refractivity contribution in [2.75, 3.05) is 7.11 Å². The molecule has 6 heteroatoms. The smallest absolute Gasteiger partial charge is 0.254 e. The summed E-state index contributed by atoms with van der Waals surface area (Å²) >= 11 is 1.62. The van der Waals surface area contributed by atoms with Gasteiger partial charge >= 0.3 is 0 Å². The van der Waals surface area contributed by atoms with Crippen LogP contribution in [0.4, 0.5) is 5.00 Å². The number of aromatic hydroxyl groups is 1. The number of nitrogens with one attached hydrogen (secondary N) is 1. The quantitative estimate of drug-likeness (QED) is 0.667. The number of phenolic OH excluding ortho intramolecular Hbond substituents is 1. The number of rotatable bonds is 5. The Labute approximate surface area is 175 Å². The third-order valence-electron chi connectivity index (χ3n) is 5.89. The summed E-state index contributed by atoms with van der Waals surface area (Å²) < 4.78 is 5.18. The Balaban J connectivity index is 1.64. The molecule has 0 spiro atoms. The Hall–Kier alpha value is -2.34. The van der Waals surface area contributed by atoms with Gasteiger partial charge in [0.15, 0.2) is 11.5 Å². The molecule has 0 aliphatic heterocycles. The normalized spacial score (nSPS) is 17.3. The average Bonchev–Trinajstić information content (AvgIpc) is 3.12. The number of fused-ring (bicyclic) bond motifs is 1. The van der Waals surface area contributed by atoms with Crippen LogP contribution >= 0.6 is 11.3 Å². The van der Waals surface area contributed by atoms with Crippen LogP contribution in [0.1, 0.15) is 71.3 Å². The summed E-state index contributed by atoms with van der Waals surface area (Å²) in [5, 5.41) is 14.3. The largest absolute Gasteiger partial charge is 0.504 e. The molecule has 1 heterocycles. The lowest BCUT2D eigenvalue weighted by molar-refractivity contribution is 0.0927. The van der Waals surface area contributed by atoms with Gasteiger partial charge in [0.1, 0.15) is 5.00 Å². The van der Waals surface area contributed by atoms with Gasteiger partial charge in [-0.05, 0) is 56.2 Å². The van der Waals surface area contributed by atoms with E-state index in [-0.39, 0.29) is 17.7 Å². The first-order valence-electron chi connectivity index (χ1n) is 10.5. The van der Waals surface area contributed by atoms with Crippen molar-refractivity contribution in [3.05, 3.63) is 39.8 Å². The van der Waals surface area contributed by atoms with Crippen LogP contribution in [0.15, 0.2) is 23.2 Å². The number of thiophene rings is 1. The van der Waals surface area contributed by atoms with E-state index in [0.717, 1.165) is 49.1 Å². The van der Waals surface area contributed by atoms with Crippen molar-refractivity contribution in [3.8, 4) is 11.5 Å². The first-order valence-corrected chi connectivity index (χ1v) is 11.3. The highest BCUT2D eigenvalue weighted by Gasteiger charge is 2.27. The zero-order valence-electron chi connectivity index (χ0n) is 16.9. The molecule has 1 fully saturated rings. The van der Waals surface area contributed by atoms with Gasteiger partial charge in [0, 0.05) is 22.7 Å². The van der Waals surface area contributed by atoms with E-state index in [2.05, 4.69) is 10.3 Å². The fraction of sp³-hybridized carbons (Fsp3) is 0.478. The third kappa shape index (κ3) is 4.32. The second-order valence-corrected chi connectivity index (χ2v) is 8.94. The maximum atomic E-state index is 13.2. The fourth-order valence-electron chi connectivity index (χ4n) is 4.32. The maximum absolute atomic E-state index is 13.2. The summed E-state index contributed by atoms with van der Waals surface area (Å²) in [4.78, 5) is 19.1. The molecule has 0 radical (unpaired) electrons. The van der Waals surface area contributed by atoms with E-state index in [9.17, 15) is 9.90 Å². The van der Waals surface area contributed by atoms with Gasteiger partial charge in [-0.2, -0.15) is 0 Å². The monoisotopic (exact) mass is 412 g/mol. The Kier molecular flexibility index (Phi) is 6.19. The number of para-hydroxylation sites is 1. The van der Waals surface area contributed by atoms with E-state index in [1.807, 2.05) is 6.07 Å². The summed E-state index contributed by atoms with van der Waals surface area (Å²) in [5.74, 6) is 0.487. The van der Waals surface area contributed by atoms with Gasteiger partial charge in [0.2, 0.25) is 0 Å². The minimum atomic E-state index is 0.0123. The summed E-state index contributed by atoms with van der Waals surface area (Å²) in [6.07, 6.45) is 11.6. The molecule has 1 aromatic carbocycles. The van der Waals surface area contributed by atoms with Crippen molar-refractivity contribution in [2.45, 2.75) is 63.8 Å². The maximum Gasteiger partial charge on any atom is 0.254 e. The Morgan fingerprint density at radius 1 is 1.21 bits per heavy atom. The zero-order valence-corrected chi connectivity index (χ0v) is 17.7. The molecule has 2 N–H and O–H groups in total. The van der Waals surface area contributed by atoms with Crippen molar-refractivity contribution in [1.82, 2.24) is 5.32 Å². The standard InChI is InChI=1S/C23H28N2O3S/c1-28-18-12-7-8-15(21(18)26)14-24-23-20(17-11-5-6-13-19(17)29-23)22(27)25-16-9-3-2-4-10-16/h7-8,12,14,16,26H,2-6,9-11,13H2,1H3,(H,25,27)/b24-14-. The summed E-state index contributed by atoms with van der Waals surface area (Å²) in [7, 11) is 1.52. The van der Waals surface area contributed by atoms with Gasteiger partial charge < -0.3 is 15.2 Å². The van der Waals surface area contributed by atoms with Crippen LogP contribution in [-0.2, 0) is 12.8 Å². The summed E-state index contributed by atoms with van der Waals surface area (Å²) in [6, 6.07) is 5.58. The molecule has 1 saturated carbocycles. The Morgan fingerprint density at radius 2 is 2.00 bits per heavy atom. The number of aryl methyl sites for hydroxylation is 1. The number of hydrogen-bond donors (Lipinski definition) is 2. The highest BCUT2D eigenvalue weighted by molar-refractivity contribution is 7.16. The van der Waals surface area contributed by atoms with Gasteiger partial charge in [0.05, 0.1) is 12.7 Å². The number of amides is 1. The van der Waals surface area contributed by atoms with Crippen LogP contribution in [0.5, 0.6) is 11.5 Å². The van der Waals surface area contributed by atoms with Crippen molar-refractivity contribution < 1.29 is 14.6 Å². The van der Waals surface area contributed by atoms with E-state index < -0.39 is 0 Å². The number of aliphatic imine (C=N–C) groups is 1. The lowest BCUT2D eigenvalue weighted by Crippen LogP contribution is -2.36. The van der Waals surface area contributed by atoms with Gasteiger partial charge in [-0.1, -0.05) is 25.3 Å². The molecule has 0 saturated heterocycles.